The van der Waals surface area contributed by atoms with E-state index in [2.05, 4.69) is 32.1 Å². The summed E-state index contributed by atoms with van der Waals surface area (Å²) >= 11 is 0. The lowest BCUT2D eigenvalue weighted by Crippen LogP contribution is -2.13. The van der Waals surface area contributed by atoms with Gasteiger partial charge in [-0.1, -0.05) is 32.6 Å². The van der Waals surface area contributed by atoms with Gasteiger partial charge in [-0.15, -0.1) is 10.1 Å². The van der Waals surface area contributed by atoms with Crippen molar-refractivity contribution in [2.75, 3.05) is 0 Å². The van der Waals surface area contributed by atoms with Crippen LogP contribution in [0.1, 0.15) is 39.0 Å². The first-order valence-electron chi connectivity index (χ1n) is 5.80. The van der Waals surface area contributed by atoms with Crippen molar-refractivity contribution in [3.05, 3.63) is 11.6 Å². The number of nitrogens with zero attached hydrogens (tertiary/aromatic N) is 4. The van der Waals surface area contributed by atoms with Gasteiger partial charge >= 0.3 is 0 Å². The first kappa shape index (κ1) is 14.0. The van der Waals surface area contributed by atoms with Gasteiger partial charge in [-0.05, 0) is 6.42 Å². The third kappa shape index (κ3) is 4.05. The van der Waals surface area contributed by atoms with E-state index in [9.17, 15) is 9.59 Å². The predicted molar refractivity (Wildman–Crippen MR) is 61.8 cm³/mol. The van der Waals surface area contributed by atoms with Crippen molar-refractivity contribution < 1.29 is 14.4 Å². The molecule has 0 fully saturated rings. The number of rotatable bonds is 7. The van der Waals surface area contributed by atoms with Crippen LogP contribution in [0.15, 0.2) is 32.0 Å². The monoisotopic (exact) mass is 250 g/mol. The van der Waals surface area contributed by atoms with E-state index in [4.69, 9.17) is 0 Å². The molecule has 0 amide bonds. The summed E-state index contributed by atoms with van der Waals surface area (Å²) in [4.78, 5) is 32.0. The average molecular weight is 250 g/mol. The zero-order chi connectivity index (χ0) is 13.2. The van der Waals surface area contributed by atoms with E-state index in [1.807, 2.05) is 0 Å². The summed E-state index contributed by atoms with van der Waals surface area (Å²) in [5.74, 6) is -0.135. The van der Waals surface area contributed by atoms with Gasteiger partial charge in [0.15, 0.2) is 0 Å². The molecule has 1 atom stereocenters. The number of aliphatic imine (C=N–C) groups is 2. The summed E-state index contributed by atoms with van der Waals surface area (Å²) in [5.41, 5.74) is 0.180. The molecule has 0 aromatic carbocycles. The fraction of sp³-hybridized carbons (Fsp3) is 0.636. The highest BCUT2D eigenvalue weighted by molar-refractivity contribution is 5.41. The molecule has 1 aliphatic rings. The number of isocyanates is 2. The van der Waals surface area contributed by atoms with Gasteiger partial charge in [0.2, 0.25) is 12.2 Å². The summed E-state index contributed by atoms with van der Waals surface area (Å²) in [7, 11) is 0. The molecular weight excluding hydrogens is 236 g/mol. The van der Waals surface area contributed by atoms with Gasteiger partial charge in [0.25, 0.3) is 5.88 Å². The minimum absolute atomic E-state index is 0.135. The lowest BCUT2D eigenvalue weighted by atomic mass is 10.1. The Morgan fingerprint density at radius 3 is 2.67 bits per heavy atom. The molecule has 0 spiro atoms. The van der Waals surface area contributed by atoms with E-state index in [0.717, 1.165) is 25.7 Å². The summed E-state index contributed by atoms with van der Waals surface area (Å²) in [6.07, 6.45) is 7.65. The molecule has 0 aromatic heterocycles. The molecule has 0 saturated heterocycles. The second kappa shape index (κ2) is 8.06. The Morgan fingerprint density at radius 1 is 1.22 bits per heavy atom. The fourth-order valence-electron chi connectivity index (χ4n) is 1.61. The molecule has 0 bridgehead atoms. The topological polar surface area (TPSA) is 92.8 Å². The van der Waals surface area contributed by atoms with Crippen molar-refractivity contribution in [3.63, 3.8) is 0 Å². The first-order valence-corrected chi connectivity index (χ1v) is 5.80. The van der Waals surface area contributed by atoms with Crippen LogP contribution < -0.4 is 0 Å². The highest BCUT2D eigenvalue weighted by Gasteiger charge is 2.23. The molecular formula is C11H14N4O3. The smallest absolute Gasteiger partial charge is 0.286 e. The van der Waals surface area contributed by atoms with E-state index >= 15 is 0 Å². The van der Waals surface area contributed by atoms with Gasteiger partial charge in [-0.25, -0.2) is 9.59 Å². The molecule has 0 saturated carbocycles. The predicted octanol–water partition coefficient (Wildman–Crippen LogP) is 2.56. The van der Waals surface area contributed by atoms with Crippen molar-refractivity contribution in [3.8, 4) is 0 Å². The van der Waals surface area contributed by atoms with E-state index in [1.165, 1.54) is 12.2 Å². The Bertz CT molecular complexity index is 432. The lowest BCUT2D eigenvalue weighted by molar-refractivity contribution is 0.171. The van der Waals surface area contributed by atoms with Crippen LogP contribution in [0.4, 0.5) is 0 Å². The minimum atomic E-state index is -0.413. The Kier molecular flexibility index (Phi) is 6.25. The largest absolute Gasteiger partial charge is 0.316 e. The molecule has 1 unspecified atom stereocenters. The van der Waals surface area contributed by atoms with Crippen molar-refractivity contribution in [2.45, 2.75) is 45.1 Å². The van der Waals surface area contributed by atoms with Crippen molar-refractivity contribution in [1.82, 2.24) is 0 Å². The van der Waals surface area contributed by atoms with Gasteiger partial charge < -0.3 is 4.84 Å². The van der Waals surface area contributed by atoms with E-state index in [0.29, 0.717) is 6.42 Å². The lowest BCUT2D eigenvalue weighted by Gasteiger charge is -2.14. The summed E-state index contributed by atoms with van der Waals surface area (Å²) in [5, 5.41) is 7.24. The minimum Gasteiger partial charge on any atom is -0.316 e. The molecule has 1 rings (SSSR count). The van der Waals surface area contributed by atoms with Crippen LogP contribution >= 0.6 is 0 Å². The van der Waals surface area contributed by atoms with Crippen molar-refractivity contribution >= 4 is 12.2 Å². The third-order valence-corrected chi connectivity index (χ3v) is 2.49. The highest BCUT2D eigenvalue weighted by atomic mass is 16.7. The van der Waals surface area contributed by atoms with Crippen LogP contribution in [-0.2, 0) is 14.4 Å². The molecule has 0 aliphatic carbocycles. The number of hydrogen-bond acceptors (Lipinski definition) is 7. The van der Waals surface area contributed by atoms with Gasteiger partial charge in [-0.2, -0.15) is 4.99 Å². The maximum atomic E-state index is 10.4. The van der Waals surface area contributed by atoms with Crippen molar-refractivity contribution in [1.29, 1.82) is 0 Å². The molecule has 1 aliphatic heterocycles. The second-order valence-electron chi connectivity index (χ2n) is 3.75. The Hall–Kier alpha value is -2.10. The van der Waals surface area contributed by atoms with Crippen LogP contribution in [0.2, 0.25) is 0 Å². The van der Waals surface area contributed by atoms with E-state index in [1.54, 1.807) is 0 Å². The van der Waals surface area contributed by atoms with Gasteiger partial charge in [-0.3, -0.25) is 0 Å². The van der Waals surface area contributed by atoms with Crippen LogP contribution in [0.5, 0.6) is 0 Å². The second-order valence-corrected chi connectivity index (χ2v) is 3.75. The normalized spacial score (nSPS) is 17.7. The summed E-state index contributed by atoms with van der Waals surface area (Å²) in [6, 6.07) is -0.413. The van der Waals surface area contributed by atoms with Gasteiger partial charge in [0.1, 0.15) is 11.7 Å². The van der Waals surface area contributed by atoms with Crippen LogP contribution in [0.3, 0.4) is 0 Å². The quantitative estimate of drug-likeness (QED) is 0.395. The third-order valence-electron chi connectivity index (χ3n) is 2.49. The average Bonchev–Trinajstić information content (AvgIpc) is 2.38. The summed E-state index contributed by atoms with van der Waals surface area (Å²) < 4.78 is 0. The number of carbonyl (C=O) groups excluding carboxylic acids is 2. The fourth-order valence-corrected chi connectivity index (χ4v) is 1.61. The van der Waals surface area contributed by atoms with Gasteiger partial charge in [0, 0.05) is 5.28 Å². The number of unbranched alkanes of at least 4 members (excludes halogenated alkanes) is 3. The summed E-state index contributed by atoms with van der Waals surface area (Å²) in [6.45, 7) is 2.12. The molecule has 1 heterocycles. The van der Waals surface area contributed by atoms with Crippen molar-refractivity contribution in [2.24, 2.45) is 20.4 Å². The van der Waals surface area contributed by atoms with E-state index in [-0.39, 0.29) is 11.6 Å². The molecule has 7 nitrogen and oxygen atoms in total. The first-order chi connectivity index (χ1) is 8.83. The van der Waals surface area contributed by atoms with Crippen LogP contribution in [0.25, 0.3) is 0 Å². The van der Waals surface area contributed by atoms with Crippen LogP contribution in [-0.4, -0.2) is 18.2 Å². The Morgan fingerprint density at radius 2 is 2.00 bits per heavy atom. The molecule has 0 aromatic rings. The van der Waals surface area contributed by atoms with E-state index < -0.39 is 6.04 Å². The van der Waals surface area contributed by atoms with Gasteiger partial charge in [0.05, 0.1) is 0 Å². The SMILES string of the molecule is CCCCCCC1N=NOC(N=C=O)=C1N=C=O. The standard InChI is InChI=1S/C11H14N4O3/c1-2-3-4-5-6-9-10(12-7-16)11(13-8-17)18-15-14-9/h9H,2-6H2,1H3. The highest BCUT2D eigenvalue weighted by Crippen LogP contribution is 2.25. The zero-order valence-corrected chi connectivity index (χ0v) is 10.1. The van der Waals surface area contributed by atoms with Crippen LogP contribution in [0, 0.1) is 0 Å². The Labute approximate surface area is 104 Å². The molecule has 7 heteroatoms. The molecule has 18 heavy (non-hydrogen) atoms. The maximum absolute atomic E-state index is 10.4. The number of hydrogen-bond donors (Lipinski definition) is 0. The molecule has 96 valence electrons. The zero-order valence-electron chi connectivity index (χ0n) is 10.1. The molecule has 0 N–H and O–H groups in total. The Balaban J connectivity index is 2.74. The molecule has 0 radical (unpaired) electrons. The maximum Gasteiger partial charge on any atom is 0.286 e.